The van der Waals surface area contributed by atoms with Crippen LogP contribution < -0.4 is 5.32 Å². The Balaban J connectivity index is 2.26. The second-order valence-electron chi connectivity index (χ2n) is 3.78. The molecular formula is C11H11Cl2NO. The van der Waals surface area contributed by atoms with Crippen LogP contribution in [0.4, 0.5) is 0 Å². The molecule has 1 N–H and O–H groups in total. The van der Waals surface area contributed by atoms with Gasteiger partial charge in [-0.1, -0.05) is 23.2 Å². The van der Waals surface area contributed by atoms with E-state index in [0.29, 0.717) is 21.7 Å². The van der Waals surface area contributed by atoms with Crippen LogP contribution in [-0.4, -0.2) is 11.9 Å². The maximum absolute atomic E-state index is 11.7. The van der Waals surface area contributed by atoms with E-state index in [0.717, 1.165) is 18.4 Å². The molecule has 0 bridgehead atoms. The van der Waals surface area contributed by atoms with Crippen molar-refractivity contribution in [3.05, 3.63) is 33.3 Å². The van der Waals surface area contributed by atoms with Gasteiger partial charge in [0.05, 0.1) is 10.6 Å². The number of hydrogen-bond acceptors (Lipinski definition) is 1. The number of carbonyl (C=O) groups is 1. The second kappa shape index (κ2) is 4.03. The molecule has 1 aliphatic rings. The van der Waals surface area contributed by atoms with E-state index in [2.05, 4.69) is 5.32 Å². The van der Waals surface area contributed by atoms with E-state index < -0.39 is 0 Å². The Labute approximate surface area is 98.6 Å². The number of nitrogens with one attached hydrogen (secondary N) is 1. The summed E-state index contributed by atoms with van der Waals surface area (Å²) < 4.78 is 0. The molecule has 0 saturated heterocycles. The molecule has 1 aromatic carbocycles. The molecule has 0 aromatic heterocycles. The van der Waals surface area contributed by atoms with Gasteiger partial charge < -0.3 is 5.32 Å². The lowest BCUT2D eigenvalue weighted by Crippen LogP contribution is -2.25. The Kier molecular flexibility index (Phi) is 2.89. The van der Waals surface area contributed by atoms with Gasteiger partial charge in [0.25, 0.3) is 5.91 Å². The fourth-order valence-electron chi connectivity index (χ4n) is 1.33. The van der Waals surface area contributed by atoms with E-state index in [9.17, 15) is 4.79 Å². The van der Waals surface area contributed by atoms with Crippen LogP contribution in [0.25, 0.3) is 0 Å². The van der Waals surface area contributed by atoms with Crippen LogP contribution in [0, 0.1) is 6.92 Å². The van der Waals surface area contributed by atoms with Gasteiger partial charge in [0, 0.05) is 11.1 Å². The monoisotopic (exact) mass is 243 g/mol. The molecule has 15 heavy (non-hydrogen) atoms. The van der Waals surface area contributed by atoms with Crippen molar-refractivity contribution < 1.29 is 4.79 Å². The lowest BCUT2D eigenvalue weighted by molar-refractivity contribution is 0.0951. The molecule has 1 aromatic rings. The highest BCUT2D eigenvalue weighted by Gasteiger charge is 2.25. The second-order valence-corrected chi connectivity index (χ2v) is 4.57. The summed E-state index contributed by atoms with van der Waals surface area (Å²) in [7, 11) is 0. The average Bonchev–Trinajstić information content (AvgIpc) is 2.98. The summed E-state index contributed by atoms with van der Waals surface area (Å²) in [6.07, 6.45) is 2.13. The summed E-state index contributed by atoms with van der Waals surface area (Å²) in [4.78, 5) is 11.7. The van der Waals surface area contributed by atoms with Gasteiger partial charge in [0.2, 0.25) is 0 Å². The number of carbonyl (C=O) groups excluding carboxylic acids is 1. The van der Waals surface area contributed by atoms with E-state index in [1.54, 1.807) is 19.1 Å². The first-order valence-corrected chi connectivity index (χ1v) is 5.60. The molecule has 2 nitrogen and oxygen atoms in total. The maximum Gasteiger partial charge on any atom is 0.253 e. The normalized spacial score (nSPS) is 15.1. The smallest absolute Gasteiger partial charge is 0.253 e. The van der Waals surface area contributed by atoms with Gasteiger partial charge in [-0.15, -0.1) is 0 Å². The van der Waals surface area contributed by atoms with Gasteiger partial charge in [0.1, 0.15) is 0 Å². The topological polar surface area (TPSA) is 29.1 Å². The van der Waals surface area contributed by atoms with Crippen LogP contribution in [0.5, 0.6) is 0 Å². The third-order valence-electron chi connectivity index (χ3n) is 2.48. The predicted molar refractivity (Wildman–Crippen MR) is 61.7 cm³/mol. The van der Waals surface area contributed by atoms with Crippen molar-refractivity contribution >= 4 is 29.1 Å². The zero-order valence-corrected chi connectivity index (χ0v) is 9.82. The summed E-state index contributed by atoms with van der Waals surface area (Å²) in [5, 5.41) is 3.92. The molecule has 1 aliphatic carbocycles. The summed E-state index contributed by atoms with van der Waals surface area (Å²) in [5.74, 6) is -0.109. The molecule has 0 radical (unpaired) electrons. The Bertz CT molecular complexity index is 413. The zero-order valence-electron chi connectivity index (χ0n) is 8.31. The van der Waals surface area contributed by atoms with Crippen LogP contribution in [0.3, 0.4) is 0 Å². The predicted octanol–water partition coefficient (Wildman–Crippen LogP) is 3.19. The van der Waals surface area contributed by atoms with Crippen molar-refractivity contribution in [2.45, 2.75) is 25.8 Å². The first-order chi connectivity index (χ1) is 7.09. The lowest BCUT2D eigenvalue weighted by atomic mass is 10.1. The SMILES string of the molecule is Cc1c(Cl)ccc(C(=O)NC2CC2)c1Cl. The first-order valence-electron chi connectivity index (χ1n) is 4.85. The average molecular weight is 244 g/mol. The Morgan fingerprint density at radius 1 is 1.40 bits per heavy atom. The van der Waals surface area contributed by atoms with E-state index in [1.807, 2.05) is 0 Å². The molecule has 80 valence electrons. The van der Waals surface area contributed by atoms with E-state index in [-0.39, 0.29) is 5.91 Å². The fourth-order valence-corrected chi connectivity index (χ4v) is 1.78. The molecule has 0 heterocycles. The minimum Gasteiger partial charge on any atom is -0.349 e. The highest BCUT2D eigenvalue weighted by atomic mass is 35.5. The maximum atomic E-state index is 11.7. The standard InChI is InChI=1S/C11H11Cl2NO/c1-6-9(12)5-4-8(10(6)13)11(15)14-7-2-3-7/h4-5,7H,2-3H2,1H3,(H,14,15). The van der Waals surface area contributed by atoms with E-state index in [1.165, 1.54) is 0 Å². The quantitative estimate of drug-likeness (QED) is 0.850. The molecule has 2 rings (SSSR count). The minimum atomic E-state index is -0.109. The van der Waals surface area contributed by atoms with Crippen molar-refractivity contribution in [3.63, 3.8) is 0 Å². The Hall–Kier alpha value is -0.730. The van der Waals surface area contributed by atoms with Crippen LogP contribution in [0.15, 0.2) is 12.1 Å². The van der Waals surface area contributed by atoms with Crippen molar-refractivity contribution in [1.29, 1.82) is 0 Å². The van der Waals surface area contributed by atoms with Gasteiger partial charge in [-0.2, -0.15) is 0 Å². The molecule has 0 atom stereocenters. The van der Waals surface area contributed by atoms with Gasteiger partial charge in [0.15, 0.2) is 0 Å². The summed E-state index contributed by atoms with van der Waals surface area (Å²) in [6.45, 7) is 1.80. The highest BCUT2D eigenvalue weighted by molar-refractivity contribution is 6.38. The first kappa shape index (κ1) is 10.8. The number of halogens is 2. The van der Waals surface area contributed by atoms with E-state index in [4.69, 9.17) is 23.2 Å². The summed E-state index contributed by atoms with van der Waals surface area (Å²) in [5.41, 5.74) is 1.26. The van der Waals surface area contributed by atoms with Crippen LogP contribution >= 0.6 is 23.2 Å². The highest BCUT2D eigenvalue weighted by Crippen LogP contribution is 2.28. The van der Waals surface area contributed by atoms with Crippen LogP contribution in [0.1, 0.15) is 28.8 Å². The number of hydrogen-bond donors (Lipinski definition) is 1. The number of benzene rings is 1. The van der Waals surface area contributed by atoms with Crippen molar-refractivity contribution in [2.24, 2.45) is 0 Å². The van der Waals surface area contributed by atoms with Crippen molar-refractivity contribution in [1.82, 2.24) is 5.32 Å². The molecule has 0 spiro atoms. The van der Waals surface area contributed by atoms with Gasteiger partial charge in [-0.25, -0.2) is 0 Å². The van der Waals surface area contributed by atoms with Crippen molar-refractivity contribution in [2.75, 3.05) is 0 Å². The Morgan fingerprint density at radius 3 is 2.67 bits per heavy atom. The molecule has 1 amide bonds. The summed E-state index contributed by atoms with van der Waals surface area (Å²) in [6, 6.07) is 3.70. The molecule has 1 fully saturated rings. The molecule has 1 saturated carbocycles. The fraction of sp³-hybridized carbons (Fsp3) is 0.364. The van der Waals surface area contributed by atoms with Gasteiger partial charge in [-0.05, 0) is 37.5 Å². The van der Waals surface area contributed by atoms with Gasteiger partial charge in [-0.3, -0.25) is 4.79 Å². The third-order valence-corrected chi connectivity index (χ3v) is 3.37. The minimum absolute atomic E-state index is 0.109. The molecule has 0 unspecified atom stereocenters. The molecule has 0 aliphatic heterocycles. The third kappa shape index (κ3) is 2.27. The number of rotatable bonds is 2. The molecule has 4 heteroatoms. The van der Waals surface area contributed by atoms with E-state index >= 15 is 0 Å². The van der Waals surface area contributed by atoms with Gasteiger partial charge >= 0.3 is 0 Å². The van der Waals surface area contributed by atoms with Crippen LogP contribution in [-0.2, 0) is 0 Å². The molecular weight excluding hydrogens is 233 g/mol. The van der Waals surface area contributed by atoms with Crippen LogP contribution in [0.2, 0.25) is 10.0 Å². The lowest BCUT2D eigenvalue weighted by Gasteiger charge is -2.08. The summed E-state index contributed by atoms with van der Waals surface area (Å²) >= 11 is 11.9. The number of amides is 1. The zero-order chi connectivity index (χ0) is 11.0. The van der Waals surface area contributed by atoms with Crippen molar-refractivity contribution in [3.8, 4) is 0 Å². The Morgan fingerprint density at radius 2 is 2.07 bits per heavy atom. The largest absolute Gasteiger partial charge is 0.349 e.